The number of allylic oxidation sites excluding steroid dienone is 7. The molecule has 2 aliphatic heterocycles. The monoisotopic (exact) mass is 843 g/mol. The zero-order valence-electron chi connectivity index (χ0n) is 33.7. The Balaban J connectivity index is 1.79. The van der Waals surface area contributed by atoms with Crippen molar-refractivity contribution in [3.8, 4) is 0 Å². The van der Waals surface area contributed by atoms with Gasteiger partial charge in [-0.2, -0.15) is 46.7 Å². The molecule has 4 rings (SSSR count). The number of carbonyl (C=O) groups excluding carboxylic acids is 1. The molecule has 2 aromatic rings. The second kappa shape index (κ2) is 18.3. The molecule has 0 amide bonds. The number of hydrogen-bond donors (Lipinski definition) is 4. The number of Topliss-reactive ketones (excluding diaryl/α,β-unsaturated/α-hetero) is 1. The van der Waals surface area contributed by atoms with Gasteiger partial charge in [-0.25, -0.2) is 0 Å². The lowest BCUT2D eigenvalue weighted by Gasteiger charge is -2.31. The Bertz CT molecular complexity index is 2180. The standard InChI is InChI=1S/C43H58N2O7S4/c1-8-32(46)16-11-10-14-23-43(7)36-27-34(56(50,51)52)20-22-38(36)45(29-31(2)28-41(3,4)30-54)40(43)18-13-9-12-17-39-42(5,6)35-26-33(55(47,48)49)19-21-37(35)44(39)24-15-25-53/h9,12-13,17-22,26-28H,8,10-11,14-16,23-25,29-30H2,1-7H3,(H3-,47,48,49,50,51,52,53,54)/p+1. The molecule has 0 aliphatic carbocycles. The lowest BCUT2D eigenvalue weighted by Crippen LogP contribution is -2.30. The summed E-state index contributed by atoms with van der Waals surface area (Å²) in [5, 5.41) is 0. The van der Waals surface area contributed by atoms with Crippen LogP contribution in [0.2, 0.25) is 0 Å². The fourth-order valence-corrected chi connectivity index (χ4v) is 9.18. The zero-order valence-corrected chi connectivity index (χ0v) is 37.2. The number of carbonyl (C=O) groups is 1. The van der Waals surface area contributed by atoms with Crippen LogP contribution in [0, 0.1) is 5.41 Å². The third kappa shape index (κ3) is 10.6. The van der Waals surface area contributed by atoms with Gasteiger partial charge in [0.05, 0.1) is 15.2 Å². The molecule has 2 N–H and O–H groups in total. The zero-order chi connectivity index (χ0) is 41.7. The number of benzene rings is 2. The average molecular weight is 844 g/mol. The van der Waals surface area contributed by atoms with E-state index in [4.69, 9.17) is 0 Å². The molecule has 9 nitrogen and oxygen atoms in total. The van der Waals surface area contributed by atoms with E-state index in [-0.39, 0.29) is 21.0 Å². The molecule has 2 heterocycles. The van der Waals surface area contributed by atoms with Crippen molar-refractivity contribution in [1.82, 2.24) is 0 Å². The van der Waals surface area contributed by atoms with Crippen LogP contribution < -0.4 is 4.90 Å². The van der Waals surface area contributed by atoms with E-state index in [9.17, 15) is 30.7 Å². The average Bonchev–Trinajstić information content (AvgIpc) is 3.47. The van der Waals surface area contributed by atoms with E-state index in [1.165, 1.54) is 12.1 Å². The highest BCUT2D eigenvalue weighted by Crippen LogP contribution is 2.52. The first kappa shape index (κ1) is 45.8. The molecule has 0 spiro atoms. The van der Waals surface area contributed by atoms with Crippen molar-refractivity contribution in [1.29, 1.82) is 0 Å². The van der Waals surface area contributed by atoms with Gasteiger partial charge in [0.2, 0.25) is 5.69 Å². The Morgan fingerprint density at radius 3 is 2.14 bits per heavy atom. The summed E-state index contributed by atoms with van der Waals surface area (Å²) in [5.74, 6) is 1.59. The highest BCUT2D eigenvalue weighted by Gasteiger charge is 2.45. The summed E-state index contributed by atoms with van der Waals surface area (Å²) in [4.78, 5) is 14.0. The van der Waals surface area contributed by atoms with Crippen molar-refractivity contribution < 1.29 is 35.3 Å². The maximum absolute atomic E-state index is 12.4. The fraction of sp³-hybridized carbons (Fsp3) is 0.488. The molecular weight excluding hydrogens is 785 g/mol. The first-order valence-electron chi connectivity index (χ1n) is 19.2. The van der Waals surface area contributed by atoms with Crippen molar-refractivity contribution in [3.63, 3.8) is 0 Å². The van der Waals surface area contributed by atoms with Crippen LogP contribution in [-0.4, -0.2) is 66.6 Å². The lowest BCUT2D eigenvalue weighted by atomic mass is 9.77. The Labute approximate surface area is 346 Å². The van der Waals surface area contributed by atoms with Crippen molar-refractivity contribution in [2.24, 2.45) is 5.41 Å². The van der Waals surface area contributed by atoms with Crippen LogP contribution in [0.1, 0.15) is 105 Å². The molecule has 1 atom stereocenters. The number of hydrogen-bond acceptors (Lipinski definition) is 8. The van der Waals surface area contributed by atoms with Gasteiger partial charge < -0.3 is 4.90 Å². The smallest absolute Gasteiger partial charge is 0.294 e. The maximum atomic E-state index is 12.4. The molecule has 0 fully saturated rings. The fourth-order valence-electron chi connectivity index (χ4n) is 7.93. The van der Waals surface area contributed by atoms with Gasteiger partial charge in [0.1, 0.15) is 12.3 Å². The summed E-state index contributed by atoms with van der Waals surface area (Å²) in [6.45, 7) is 15.7. The topological polar surface area (TPSA) is 132 Å². The minimum Gasteiger partial charge on any atom is -0.340 e. The van der Waals surface area contributed by atoms with Crippen LogP contribution in [0.25, 0.3) is 0 Å². The van der Waals surface area contributed by atoms with Crippen LogP contribution in [-0.2, 0) is 35.9 Å². The predicted molar refractivity (Wildman–Crippen MR) is 235 cm³/mol. The van der Waals surface area contributed by atoms with E-state index >= 15 is 0 Å². The number of thiol groups is 2. The van der Waals surface area contributed by atoms with Crippen molar-refractivity contribution >= 4 is 68.4 Å². The number of rotatable bonds is 19. The molecule has 2 aliphatic rings. The quantitative estimate of drug-likeness (QED) is 0.0275. The lowest BCUT2D eigenvalue weighted by molar-refractivity contribution is -0.437. The van der Waals surface area contributed by atoms with E-state index in [0.717, 1.165) is 65.2 Å². The number of nitrogens with zero attached hydrogens (tertiary/aromatic N) is 2. The third-order valence-corrected chi connectivity index (χ3v) is 13.7. The summed E-state index contributed by atoms with van der Waals surface area (Å²) in [7, 11) is -8.83. The van der Waals surface area contributed by atoms with E-state index in [1.54, 1.807) is 24.3 Å². The van der Waals surface area contributed by atoms with Crippen molar-refractivity contribution in [3.05, 3.63) is 95.3 Å². The first-order valence-corrected chi connectivity index (χ1v) is 23.4. The number of fused-ring (bicyclic) bond motifs is 2. The highest BCUT2D eigenvalue weighted by molar-refractivity contribution is 7.86. The molecule has 0 bridgehead atoms. The Hall–Kier alpha value is -2.94. The largest absolute Gasteiger partial charge is 0.340 e. The summed E-state index contributed by atoms with van der Waals surface area (Å²) in [5.41, 5.74) is 5.16. The SMILES string of the molecule is CCC(=O)CCCCCC1(C)\C(=C/C=C/C=C/C2=[N+](CCCS)c3ccc(S(=O)(=O)O)cc3C2(C)C)N(CC(C)=CC(C)(C)CS)c2ccc(S(=O)(=O)O)cc21. The Morgan fingerprint density at radius 2 is 1.54 bits per heavy atom. The second-order valence-corrected chi connectivity index (χ2v) is 20.0. The molecule has 1 unspecified atom stereocenters. The van der Waals surface area contributed by atoms with E-state index in [1.807, 2.05) is 45.1 Å². The van der Waals surface area contributed by atoms with Gasteiger partial charge >= 0.3 is 0 Å². The van der Waals surface area contributed by atoms with Crippen LogP contribution in [0.3, 0.4) is 0 Å². The summed E-state index contributed by atoms with van der Waals surface area (Å²) in [6, 6.07) is 9.56. The molecule has 2 aromatic carbocycles. The Kier molecular flexibility index (Phi) is 15.0. The number of anilines is 1. The molecular formula is C43H59N2O7S4+. The molecule has 13 heteroatoms. The molecule has 0 saturated heterocycles. The minimum absolute atomic E-state index is 0.140. The molecule has 0 radical (unpaired) electrons. The first-order chi connectivity index (χ1) is 26.1. The van der Waals surface area contributed by atoms with Crippen LogP contribution in [0.4, 0.5) is 11.4 Å². The molecule has 306 valence electrons. The normalized spacial score (nSPS) is 19.5. The van der Waals surface area contributed by atoms with Crippen LogP contribution in [0.15, 0.2) is 93.9 Å². The molecule has 56 heavy (non-hydrogen) atoms. The van der Waals surface area contributed by atoms with Crippen molar-refractivity contribution in [2.75, 3.05) is 29.5 Å². The summed E-state index contributed by atoms with van der Waals surface area (Å²) < 4.78 is 70.9. The predicted octanol–water partition coefficient (Wildman–Crippen LogP) is 9.48. The van der Waals surface area contributed by atoms with Gasteiger partial charge in [-0.1, -0.05) is 63.5 Å². The van der Waals surface area contributed by atoms with E-state index in [2.05, 4.69) is 74.6 Å². The van der Waals surface area contributed by atoms with Gasteiger partial charge in [0.25, 0.3) is 20.2 Å². The van der Waals surface area contributed by atoms with Gasteiger partial charge in [-0.15, -0.1) is 0 Å². The number of ketones is 1. The van der Waals surface area contributed by atoms with Gasteiger partial charge in [-0.3, -0.25) is 13.9 Å². The number of unbranched alkanes of at least 4 members (excludes halogenated alkanes) is 2. The van der Waals surface area contributed by atoms with E-state index < -0.39 is 31.1 Å². The third-order valence-electron chi connectivity index (χ3n) is 10.9. The van der Waals surface area contributed by atoms with Crippen molar-refractivity contribution in [2.45, 2.75) is 114 Å². The van der Waals surface area contributed by atoms with E-state index in [0.29, 0.717) is 43.9 Å². The highest BCUT2D eigenvalue weighted by atomic mass is 32.2. The van der Waals surface area contributed by atoms with Crippen LogP contribution >= 0.6 is 25.3 Å². The maximum Gasteiger partial charge on any atom is 0.294 e. The minimum atomic E-state index is -4.45. The summed E-state index contributed by atoms with van der Waals surface area (Å²) >= 11 is 8.99. The summed E-state index contributed by atoms with van der Waals surface area (Å²) in [6.07, 6.45) is 17.2. The second-order valence-electron chi connectivity index (χ2n) is 16.4. The molecule has 0 saturated carbocycles. The van der Waals surface area contributed by atoms with Gasteiger partial charge in [-0.05, 0) is 99.4 Å². The Morgan fingerprint density at radius 1 is 0.893 bits per heavy atom. The molecule has 0 aromatic heterocycles. The van der Waals surface area contributed by atoms with Gasteiger partial charge in [0.15, 0.2) is 5.71 Å². The van der Waals surface area contributed by atoms with Crippen LogP contribution in [0.5, 0.6) is 0 Å². The van der Waals surface area contributed by atoms with Gasteiger partial charge in [0, 0.05) is 60.3 Å².